The SMILES string of the molecule is CCn1c(SCC(=O)c2ccc3c(c2)CCCC3)nnc1-c1ccoc1C. The lowest BCUT2D eigenvalue weighted by molar-refractivity contribution is 0.102. The van der Waals surface area contributed by atoms with Crippen molar-refractivity contribution in [1.29, 1.82) is 0 Å². The second-order valence-electron chi connectivity index (χ2n) is 6.84. The highest BCUT2D eigenvalue weighted by atomic mass is 32.2. The van der Waals surface area contributed by atoms with Crippen LogP contribution < -0.4 is 0 Å². The minimum absolute atomic E-state index is 0.139. The quantitative estimate of drug-likeness (QED) is 0.457. The summed E-state index contributed by atoms with van der Waals surface area (Å²) >= 11 is 1.45. The van der Waals surface area contributed by atoms with Gasteiger partial charge in [-0.2, -0.15) is 0 Å². The van der Waals surface area contributed by atoms with E-state index in [4.69, 9.17) is 4.42 Å². The molecule has 4 rings (SSSR count). The van der Waals surface area contributed by atoms with Crippen LogP contribution in [0, 0.1) is 6.92 Å². The number of Topliss-reactive ketones (excluding diaryl/α,β-unsaturated/α-hetero) is 1. The number of carbonyl (C=O) groups is 1. The van der Waals surface area contributed by atoms with Gasteiger partial charge in [0.1, 0.15) is 5.76 Å². The minimum atomic E-state index is 0.139. The molecule has 0 radical (unpaired) electrons. The summed E-state index contributed by atoms with van der Waals surface area (Å²) in [5, 5.41) is 9.38. The number of nitrogens with zero attached hydrogens (tertiary/aromatic N) is 3. The molecule has 0 bridgehead atoms. The molecule has 27 heavy (non-hydrogen) atoms. The number of fused-ring (bicyclic) bond motifs is 1. The summed E-state index contributed by atoms with van der Waals surface area (Å²) in [6.07, 6.45) is 6.35. The van der Waals surface area contributed by atoms with Crippen molar-refractivity contribution in [3.05, 3.63) is 53.0 Å². The van der Waals surface area contributed by atoms with E-state index in [0.717, 1.165) is 47.3 Å². The van der Waals surface area contributed by atoms with Crippen molar-refractivity contribution in [2.24, 2.45) is 0 Å². The zero-order chi connectivity index (χ0) is 18.8. The molecular formula is C21H23N3O2S. The fraction of sp³-hybridized carbons (Fsp3) is 0.381. The smallest absolute Gasteiger partial charge is 0.191 e. The van der Waals surface area contributed by atoms with E-state index >= 15 is 0 Å². The molecule has 2 heterocycles. The molecule has 0 unspecified atom stereocenters. The van der Waals surface area contributed by atoms with Gasteiger partial charge in [-0.25, -0.2) is 0 Å². The maximum Gasteiger partial charge on any atom is 0.191 e. The minimum Gasteiger partial charge on any atom is -0.469 e. The van der Waals surface area contributed by atoms with E-state index in [9.17, 15) is 4.79 Å². The van der Waals surface area contributed by atoms with Gasteiger partial charge in [-0.15, -0.1) is 10.2 Å². The van der Waals surface area contributed by atoms with Crippen LogP contribution in [0.5, 0.6) is 0 Å². The fourth-order valence-electron chi connectivity index (χ4n) is 3.62. The molecule has 0 fully saturated rings. The molecule has 0 saturated carbocycles. The molecule has 5 nitrogen and oxygen atoms in total. The van der Waals surface area contributed by atoms with Gasteiger partial charge in [0, 0.05) is 12.1 Å². The third-order valence-electron chi connectivity index (χ3n) is 5.14. The van der Waals surface area contributed by atoms with E-state index in [1.54, 1.807) is 6.26 Å². The molecule has 3 aromatic rings. The van der Waals surface area contributed by atoms with Gasteiger partial charge in [0.25, 0.3) is 0 Å². The van der Waals surface area contributed by atoms with Gasteiger partial charge >= 0.3 is 0 Å². The van der Waals surface area contributed by atoms with Crippen molar-refractivity contribution in [2.45, 2.75) is 51.2 Å². The van der Waals surface area contributed by atoms with Gasteiger partial charge in [-0.05, 0) is 62.8 Å². The van der Waals surface area contributed by atoms with Crippen LogP contribution in [0.15, 0.2) is 40.1 Å². The van der Waals surface area contributed by atoms with Crippen LogP contribution >= 0.6 is 11.8 Å². The standard InChI is InChI=1S/C21H23N3O2S/c1-3-24-20(18-10-11-26-14(18)2)22-23-21(24)27-13-19(25)17-9-8-15-6-4-5-7-16(15)12-17/h8-12H,3-7,13H2,1-2H3. The number of thioether (sulfide) groups is 1. The number of benzene rings is 1. The summed E-state index contributed by atoms with van der Waals surface area (Å²) in [5.74, 6) is 2.10. The van der Waals surface area contributed by atoms with E-state index in [1.165, 1.54) is 35.7 Å². The highest BCUT2D eigenvalue weighted by Gasteiger charge is 2.18. The number of aryl methyl sites for hydroxylation is 3. The first-order valence-corrected chi connectivity index (χ1v) is 10.4. The normalized spacial score (nSPS) is 13.6. The van der Waals surface area contributed by atoms with E-state index < -0.39 is 0 Å². The Morgan fingerprint density at radius 3 is 2.74 bits per heavy atom. The maximum atomic E-state index is 12.7. The highest BCUT2D eigenvalue weighted by molar-refractivity contribution is 7.99. The summed E-state index contributed by atoms with van der Waals surface area (Å²) < 4.78 is 7.42. The molecule has 0 spiro atoms. The molecular weight excluding hydrogens is 358 g/mol. The van der Waals surface area contributed by atoms with Crippen LogP contribution in [0.2, 0.25) is 0 Å². The number of furan rings is 1. The predicted octanol–water partition coefficient (Wildman–Crippen LogP) is 4.72. The number of carbonyl (C=O) groups excluding carboxylic acids is 1. The Morgan fingerprint density at radius 1 is 1.19 bits per heavy atom. The van der Waals surface area contributed by atoms with Crippen LogP contribution in [0.3, 0.4) is 0 Å². The molecule has 0 N–H and O–H groups in total. The molecule has 0 amide bonds. The highest BCUT2D eigenvalue weighted by Crippen LogP contribution is 2.28. The van der Waals surface area contributed by atoms with Crippen molar-refractivity contribution < 1.29 is 9.21 Å². The average molecular weight is 382 g/mol. The van der Waals surface area contributed by atoms with Crippen molar-refractivity contribution in [3.8, 4) is 11.4 Å². The Labute approximate surface area is 163 Å². The summed E-state index contributed by atoms with van der Waals surface area (Å²) in [4.78, 5) is 12.7. The van der Waals surface area contributed by atoms with E-state index in [2.05, 4.69) is 29.3 Å². The zero-order valence-corrected chi connectivity index (χ0v) is 16.5. The third kappa shape index (κ3) is 3.58. The second-order valence-corrected chi connectivity index (χ2v) is 7.79. The van der Waals surface area contributed by atoms with Crippen LogP contribution in [-0.2, 0) is 19.4 Å². The van der Waals surface area contributed by atoms with Crippen LogP contribution in [-0.4, -0.2) is 26.3 Å². The van der Waals surface area contributed by atoms with Crippen molar-refractivity contribution in [2.75, 3.05) is 5.75 Å². The Bertz CT molecular complexity index is 974. The number of hydrogen-bond acceptors (Lipinski definition) is 5. The van der Waals surface area contributed by atoms with Gasteiger partial charge in [-0.1, -0.05) is 23.9 Å². The molecule has 6 heteroatoms. The summed E-state index contributed by atoms with van der Waals surface area (Å²) in [6.45, 7) is 4.70. The molecule has 1 aliphatic rings. The van der Waals surface area contributed by atoms with Crippen LogP contribution in [0.4, 0.5) is 0 Å². The lowest BCUT2D eigenvalue weighted by atomic mass is 9.90. The Morgan fingerprint density at radius 2 is 2.00 bits per heavy atom. The van der Waals surface area contributed by atoms with E-state index in [-0.39, 0.29) is 5.78 Å². The molecule has 1 aliphatic carbocycles. The van der Waals surface area contributed by atoms with Gasteiger partial charge in [-0.3, -0.25) is 4.79 Å². The predicted molar refractivity (Wildman–Crippen MR) is 106 cm³/mol. The Hall–Kier alpha value is -2.34. The van der Waals surface area contributed by atoms with Gasteiger partial charge < -0.3 is 8.98 Å². The fourth-order valence-corrected chi connectivity index (χ4v) is 4.51. The van der Waals surface area contributed by atoms with Gasteiger partial charge in [0.05, 0.1) is 17.6 Å². The second kappa shape index (κ2) is 7.72. The van der Waals surface area contributed by atoms with Crippen molar-refractivity contribution >= 4 is 17.5 Å². The Balaban J connectivity index is 1.50. The summed E-state index contributed by atoms with van der Waals surface area (Å²) in [6, 6.07) is 8.08. The molecule has 1 aromatic carbocycles. The zero-order valence-electron chi connectivity index (χ0n) is 15.7. The lowest BCUT2D eigenvalue weighted by Gasteiger charge is -2.16. The van der Waals surface area contributed by atoms with Crippen LogP contribution in [0.1, 0.15) is 47.0 Å². The molecule has 0 saturated heterocycles. The topological polar surface area (TPSA) is 60.9 Å². The number of rotatable bonds is 6. The molecule has 140 valence electrons. The number of aromatic nitrogens is 3. The maximum absolute atomic E-state index is 12.7. The molecule has 0 atom stereocenters. The number of hydrogen-bond donors (Lipinski definition) is 0. The first kappa shape index (κ1) is 18.0. The van der Waals surface area contributed by atoms with Crippen molar-refractivity contribution in [3.63, 3.8) is 0 Å². The Kier molecular flexibility index (Phi) is 5.16. The molecule has 0 aliphatic heterocycles. The van der Waals surface area contributed by atoms with E-state index in [0.29, 0.717) is 5.75 Å². The first-order valence-electron chi connectivity index (χ1n) is 9.43. The average Bonchev–Trinajstić information content (AvgIpc) is 3.30. The van der Waals surface area contributed by atoms with Gasteiger partial charge in [0.15, 0.2) is 16.8 Å². The van der Waals surface area contributed by atoms with Crippen LogP contribution in [0.25, 0.3) is 11.4 Å². The monoisotopic (exact) mass is 381 g/mol. The summed E-state index contributed by atoms with van der Waals surface area (Å²) in [7, 11) is 0. The third-order valence-corrected chi connectivity index (χ3v) is 6.10. The van der Waals surface area contributed by atoms with E-state index in [1.807, 2.05) is 23.6 Å². The summed E-state index contributed by atoms with van der Waals surface area (Å²) in [5.41, 5.74) is 4.48. The van der Waals surface area contributed by atoms with Gasteiger partial charge in [0.2, 0.25) is 0 Å². The number of ketones is 1. The molecule has 2 aromatic heterocycles. The lowest BCUT2D eigenvalue weighted by Crippen LogP contribution is -2.08. The first-order chi connectivity index (χ1) is 13.2. The van der Waals surface area contributed by atoms with Crippen molar-refractivity contribution in [1.82, 2.24) is 14.8 Å². The largest absolute Gasteiger partial charge is 0.469 e.